The second kappa shape index (κ2) is 12.8. The summed E-state index contributed by atoms with van der Waals surface area (Å²) in [6.45, 7) is 13.8. The van der Waals surface area contributed by atoms with E-state index >= 15 is 0 Å². The monoisotopic (exact) mass is 458 g/mol. The van der Waals surface area contributed by atoms with Crippen molar-refractivity contribution in [3.63, 3.8) is 0 Å². The van der Waals surface area contributed by atoms with Gasteiger partial charge in [-0.25, -0.2) is 9.59 Å². The zero-order valence-corrected chi connectivity index (χ0v) is 21.2. The molecular weight excluding hydrogens is 416 g/mol. The van der Waals surface area contributed by atoms with E-state index in [0.717, 1.165) is 4.90 Å². The van der Waals surface area contributed by atoms with Gasteiger partial charge < -0.3 is 24.7 Å². The number of aliphatic hydroxyl groups is 1. The van der Waals surface area contributed by atoms with E-state index in [1.165, 1.54) is 19.0 Å². The molecule has 0 aromatic heterocycles. The lowest BCUT2D eigenvalue weighted by Gasteiger charge is -2.35. The summed E-state index contributed by atoms with van der Waals surface area (Å²) in [7, 11) is 2.81. The van der Waals surface area contributed by atoms with Crippen LogP contribution in [-0.2, 0) is 23.9 Å². The van der Waals surface area contributed by atoms with Crippen molar-refractivity contribution in [3.05, 3.63) is 0 Å². The number of ether oxygens (including phenoxy) is 1. The minimum absolute atomic E-state index is 0.293. The van der Waals surface area contributed by atoms with Crippen LogP contribution < -0.4 is 0 Å². The maximum absolute atomic E-state index is 13.2. The van der Waals surface area contributed by atoms with Gasteiger partial charge in [-0.15, -0.1) is 0 Å². The highest BCUT2D eigenvalue weighted by Crippen LogP contribution is 2.22. The van der Waals surface area contributed by atoms with Gasteiger partial charge in [0.1, 0.15) is 18.2 Å². The molecule has 186 valence electrons. The van der Waals surface area contributed by atoms with Crippen molar-refractivity contribution in [2.45, 2.75) is 86.1 Å². The Kier molecular flexibility index (Phi) is 11.9. The van der Waals surface area contributed by atoms with Crippen LogP contribution in [0.5, 0.6) is 0 Å². The summed E-state index contributed by atoms with van der Waals surface area (Å²) in [5.74, 6) is -4.51. The highest BCUT2D eigenvalue weighted by molar-refractivity contribution is 5.90. The SMILES string of the molecule is CC[C@H](C)[C@H](C(=O)O[C@@H](C(=O)N(C)[C@H](C(=O)O)C(C)C)C(C)C)N(C)C(=O)[C@H](O)C(C)C. The van der Waals surface area contributed by atoms with Gasteiger partial charge in [-0.3, -0.25) is 9.59 Å². The molecule has 0 rings (SSSR count). The van der Waals surface area contributed by atoms with E-state index in [1.54, 1.807) is 48.5 Å². The zero-order valence-electron chi connectivity index (χ0n) is 21.2. The van der Waals surface area contributed by atoms with Gasteiger partial charge in [-0.1, -0.05) is 61.8 Å². The Labute approximate surface area is 192 Å². The third-order valence-corrected chi connectivity index (χ3v) is 5.82. The minimum Gasteiger partial charge on any atom is -0.480 e. The number of hydrogen-bond acceptors (Lipinski definition) is 6. The van der Waals surface area contributed by atoms with Gasteiger partial charge >= 0.3 is 11.9 Å². The van der Waals surface area contributed by atoms with Crippen LogP contribution in [0.2, 0.25) is 0 Å². The van der Waals surface area contributed by atoms with Crippen LogP contribution in [0.15, 0.2) is 0 Å². The van der Waals surface area contributed by atoms with Crippen molar-refractivity contribution in [1.29, 1.82) is 0 Å². The van der Waals surface area contributed by atoms with Crippen LogP contribution in [0.3, 0.4) is 0 Å². The highest BCUT2D eigenvalue weighted by Gasteiger charge is 2.40. The number of carboxylic acid groups (broad SMARTS) is 1. The summed E-state index contributed by atoms with van der Waals surface area (Å²) in [6.07, 6.45) is -1.92. The summed E-state index contributed by atoms with van der Waals surface area (Å²) in [5, 5.41) is 19.7. The summed E-state index contributed by atoms with van der Waals surface area (Å²) in [6, 6.07) is -2.07. The molecule has 0 heterocycles. The first-order valence-electron chi connectivity index (χ1n) is 11.2. The van der Waals surface area contributed by atoms with Crippen LogP contribution in [0, 0.1) is 23.7 Å². The number of aliphatic carboxylic acids is 1. The fourth-order valence-corrected chi connectivity index (χ4v) is 3.53. The van der Waals surface area contributed by atoms with Gasteiger partial charge in [0.2, 0.25) is 0 Å². The fraction of sp³-hybridized carbons (Fsp3) is 0.826. The molecule has 32 heavy (non-hydrogen) atoms. The zero-order chi connectivity index (χ0) is 25.5. The molecule has 5 atom stereocenters. The van der Waals surface area contributed by atoms with Crippen LogP contribution in [-0.4, -0.2) is 82.2 Å². The van der Waals surface area contributed by atoms with Crippen molar-refractivity contribution in [2.24, 2.45) is 23.7 Å². The number of carbonyl (C=O) groups is 4. The number of amides is 2. The number of hydrogen-bond donors (Lipinski definition) is 2. The molecule has 0 aromatic rings. The van der Waals surface area contributed by atoms with E-state index in [2.05, 4.69) is 0 Å². The molecule has 2 N–H and O–H groups in total. The van der Waals surface area contributed by atoms with Crippen molar-refractivity contribution in [2.75, 3.05) is 14.1 Å². The summed E-state index contributed by atoms with van der Waals surface area (Å²) in [5.41, 5.74) is 0. The Morgan fingerprint density at radius 2 is 1.25 bits per heavy atom. The van der Waals surface area contributed by atoms with E-state index in [0.29, 0.717) is 6.42 Å². The third kappa shape index (κ3) is 7.46. The lowest BCUT2D eigenvalue weighted by Crippen LogP contribution is -2.55. The summed E-state index contributed by atoms with van der Waals surface area (Å²) < 4.78 is 5.60. The average molecular weight is 459 g/mol. The van der Waals surface area contributed by atoms with Crippen LogP contribution >= 0.6 is 0 Å². The Hall–Kier alpha value is -2.16. The number of likely N-dealkylation sites (N-methyl/N-ethyl adjacent to an activating group) is 2. The van der Waals surface area contributed by atoms with E-state index in [4.69, 9.17) is 4.74 Å². The topological polar surface area (TPSA) is 124 Å². The molecule has 0 aliphatic carbocycles. The molecule has 0 spiro atoms. The first kappa shape index (κ1) is 29.8. The fourth-order valence-electron chi connectivity index (χ4n) is 3.53. The number of esters is 1. The maximum atomic E-state index is 13.2. The predicted octanol–water partition coefficient (Wildman–Crippen LogP) is 2.01. The van der Waals surface area contributed by atoms with E-state index in [1.807, 2.05) is 6.92 Å². The molecule has 2 amide bonds. The van der Waals surface area contributed by atoms with Gasteiger partial charge in [-0.2, -0.15) is 0 Å². The Morgan fingerprint density at radius 1 is 0.781 bits per heavy atom. The van der Waals surface area contributed by atoms with Gasteiger partial charge in [-0.05, 0) is 23.7 Å². The second-order valence-corrected chi connectivity index (χ2v) is 9.55. The number of rotatable bonds is 12. The molecule has 0 saturated carbocycles. The normalized spacial score (nSPS) is 16.3. The average Bonchev–Trinajstić information content (AvgIpc) is 2.68. The van der Waals surface area contributed by atoms with Gasteiger partial charge in [0.05, 0.1) is 0 Å². The lowest BCUT2D eigenvalue weighted by molar-refractivity contribution is -0.173. The number of carboxylic acids is 1. The third-order valence-electron chi connectivity index (χ3n) is 5.82. The van der Waals surface area contributed by atoms with Gasteiger partial charge in [0, 0.05) is 14.1 Å². The largest absolute Gasteiger partial charge is 0.480 e. The Bertz CT molecular complexity index is 663. The standard InChI is InChI=1S/C23H42N2O7/c1-11-15(8)17(25(10)20(27)18(26)13(4)5)23(31)32-19(14(6)7)21(28)24(9)16(12(2)3)22(29)30/h12-19,26H,11H2,1-10H3,(H,29,30)/t15-,16-,17+,18+,19+/m0/s1. The molecular formula is C23H42N2O7. The highest BCUT2D eigenvalue weighted by atomic mass is 16.6. The van der Waals surface area contributed by atoms with Crippen molar-refractivity contribution in [1.82, 2.24) is 9.80 Å². The van der Waals surface area contributed by atoms with Crippen LogP contribution in [0.1, 0.15) is 61.8 Å². The number of aliphatic hydroxyl groups excluding tert-OH is 1. The molecule has 0 radical (unpaired) electrons. The van der Waals surface area contributed by atoms with Crippen molar-refractivity contribution in [3.8, 4) is 0 Å². The molecule has 0 saturated heterocycles. The number of nitrogens with zero attached hydrogens (tertiary/aromatic N) is 2. The molecule has 0 aromatic carbocycles. The summed E-state index contributed by atoms with van der Waals surface area (Å²) in [4.78, 5) is 52.9. The number of carbonyl (C=O) groups excluding carboxylic acids is 3. The predicted molar refractivity (Wildman–Crippen MR) is 121 cm³/mol. The molecule has 0 bridgehead atoms. The van der Waals surface area contributed by atoms with Crippen LogP contribution in [0.4, 0.5) is 0 Å². The van der Waals surface area contributed by atoms with Gasteiger partial charge in [0.15, 0.2) is 6.10 Å². The Morgan fingerprint density at radius 3 is 1.59 bits per heavy atom. The van der Waals surface area contributed by atoms with Crippen molar-refractivity contribution >= 4 is 23.8 Å². The molecule has 0 unspecified atom stereocenters. The van der Waals surface area contributed by atoms with Crippen LogP contribution in [0.25, 0.3) is 0 Å². The smallest absolute Gasteiger partial charge is 0.329 e. The lowest BCUT2D eigenvalue weighted by atomic mass is 9.96. The minimum atomic E-state index is -1.27. The van der Waals surface area contributed by atoms with E-state index in [9.17, 15) is 29.4 Å². The first-order chi connectivity index (χ1) is 14.6. The van der Waals surface area contributed by atoms with Crippen molar-refractivity contribution < 1.29 is 34.1 Å². The van der Waals surface area contributed by atoms with Gasteiger partial charge in [0.25, 0.3) is 11.8 Å². The first-order valence-corrected chi connectivity index (χ1v) is 11.2. The molecule has 0 aliphatic heterocycles. The molecule has 0 aliphatic rings. The maximum Gasteiger partial charge on any atom is 0.329 e. The molecule has 9 nitrogen and oxygen atoms in total. The Balaban J connectivity index is 5.89. The van der Waals surface area contributed by atoms with E-state index < -0.39 is 54.0 Å². The molecule has 0 fully saturated rings. The summed E-state index contributed by atoms with van der Waals surface area (Å²) >= 11 is 0. The van der Waals surface area contributed by atoms with E-state index in [-0.39, 0.29) is 17.8 Å². The second-order valence-electron chi connectivity index (χ2n) is 9.55. The quantitative estimate of drug-likeness (QED) is 0.429. The molecule has 9 heteroatoms.